The predicted octanol–water partition coefficient (Wildman–Crippen LogP) is -0.698. The Bertz CT molecular complexity index is 162. The van der Waals surface area contributed by atoms with Crippen LogP contribution in [0.2, 0.25) is 0 Å². The number of hydrogen-bond donors (Lipinski definition) is 0. The van der Waals surface area contributed by atoms with Gasteiger partial charge in [-0.15, -0.1) is 22.2 Å². The van der Waals surface area contributed by atoms with Crippen molar-refractivity contribution in [2.24, 2.45) is 0 Å². The van der Waals surface area contributed by atoms with E-state index in [2.05, 4.69) is 0 Å². The number of halogens is 2. The molecule has 0 aliphatic rings. The van der Waals surface area contributed by atoms with E-state index in [0.29, 0.717) is 0 Å². The Morgan fingerprint density at radius 3 is 0.474 bits per heavy atom. The van der Waals surface area contributed by atoms with Gasteiger partial charge >= 0.3 is 16.5 Å². The second-order valence-electron chi connectivity index (χ2n) is 6.50. The van der Waals surface area contributed by atoms with Gasteiger partial charge in [0.1, 0.15) is 0 Å². The molecular weight excluding hydrogens is 513 g/mol. The van der Waals surface area contributed by atoms with Gasteiger partial charge in [0.25, 0.3) is 0 Å². The molecule has 0 aliphatic heterocycles. The molecule has 0 radical (unpaired) electrons. The van der Waals surface area contributed by atoms with Gasteiger partial charge in [-0.25, -0.2) is 0 Å². The van der Waals surface area contributed by atoms with Gasteiger partial charge in [-0.3, -0.25) is 0 Å². The summed E-state index contributed by atoms with van der Waals surface area (Å²) in [4.78, 5) is 0. The third-order valence-electron chi connectivity index (χ3n) is 3.12. The molecule has 0 heterocycles. The summed E-state index contributed by atoms with van der Waals surface area (Å²) in [5.74, 6) is 0. The molecule has 0 unspecified atom stereocenters. The fourth-order valence-corrected chi connectivity index (χ4v) is 0. The van der Waals surface area contributed by atoms with Crippen molar-refractivity contribution in [2.45, 2.75) is 77.5 Å². The second-order valence-corrected chi connectivity index (χ2v) is 6.50. The molecule has 0 atom stereocenters. The Kier molecular flexibility index (Phi) is 18.1. The van der Waals surface area contributed by atoms with Gasteiger partial charge in [-0.05, 0) is 0 Å². The molecule has 19 heavy (non-hydrogen) atoms. The molecule has 0 rings (SSSR count). The minimum Gasteiger partial charge on any atom is -1.00 e. The monoisotopic (exact) mass is 540 g/mol. The van der Waals surface area contributed by atoms with Crippen molar-refractivity contribution in [1.82, 2.24) is 0 Å². The van der Waals surface area contributed by atoms with Gasteiger partial charge in [-0.1, -0.05) is 55.4 Å². The van der Waals surface area contributed by atoms with E-state index in [0.717, 1.165) is 0 Å². The summed E-state index contributed by atoms with van der Waals surface area (Å²) in [6.07, 6.45) is 0. The van der Waals surface area contributed by atoms with Gasteiger partial charge in [0.05, 0.1) is 0 Å². The fourth-order valence-electron chi connectivity index (χ4n) is 0. The summed E-state index contributed by atoms with van der Waals surface area (Å²) in [6, 6.07) is 0. The maximum atomic E-state index is 7.40. The summed E-state index contributed by atoms with van der Waals surface area (Å²) in [5, 5.41) is 0. The van der Waals surface area contributed by atoms with Crippen LogP contribution >= 0.6 is 0 Å². The van der Waals surface area contributed by atoms with Gasteiger partial charge in [0, 0.05) is 0 Å². The normalized spacial score (nSPS) is 12.0. The van der Waals surface area contributed by atoms with Crippen molar-refractivity contribution in [3.63, 3.8) is 0 Å². The Balaban J connectivity index is -0.0000000594. The minimum absolute atomic E-state index is 0. The summed E-state index contributed by atoms with van der Waals surface area (Å²) < 4.78 is 0. The van der Waals surface area contributed by atoms with E-state index in [4.69, 9.17) is 22.9 Å². The van der Waals surface area contributed by atoms with Crippen LogP contribution < -0.4 is 48.0 Å². The molecule has 0 aromatic rings. The first-order chi connectivity index (χ1) is 6.50. The van der Waals surface area contributed by atoms with Crippen LogP contribution in [0.15, 0.2) is 0 Å². The maximum absolute atomic E-state index is 7.40. The van der Waals surface area contributed by atoms with Crippen LogP contribution in [-0.2, 0) is 16.5 Å². The Morgan fingerprint density at radius 2 is 0.474 bits per heavy atom. The van der Waals surface area contributed by atoms with Crippen molar-refractivity contribution in [1.29, 1.82) is 0 Å². The van der Waals surface area contributed by atoms with Gasteiger partial charge < -0.3 is 70.9 Å². The van der Waals surface area contributed by atoms with Crippen LogP contribution in [0.1, 0.15) is 55.4 Å². The largest absolute Gasteiger partial charge is 2.00 e. The third-order valence-corrected chi connectivity index (χ3v) is 3.12. The molecule has 0 saturated heterocycles. The molecule has 7 heteroatoms. The molecule has 0 fully saturated rings. The summed E-state index contributed by atoms with van der Waals surface area (Å²) in [7, 11) is 0. The van der Waals surface area contributed by atoms with Gasteiger partial charge in [-0.2, -0.15) is 0 Å². The van der Waals surface area contributed by atoms with E-state index in [1.807, 2.05) is 0 Å². The zero-order chi connectivity index (χ0) is 14.0. The fraction of sp³-hybridized carbons (Fsp3) is 1.00. The average Bonchev–Trinajstić information content (AvgIpc) is 1.77. The minimum atomic E-state index is -0.646. The topological polar surface area (TPSA) is 95.2 Å². The summed E-state index contributed by atoms with van der Waals surface area (Å²) >= 11 is 0. The quantitative estimate of drug-likeness (QED) is 0.327. The molecule has 124 valence electrons. The number of hydrogen-bond acceptors (Lipinski definition) is 0. The van der Waals surface area contributed by atoms with Crippen LogP contribution in [0.25, 0.3) is 22.9 Å². The summed E-state index contributed by atoms with van der Waals surface area (Å²) in [6.45, 7) is 14.0. The second kappa shape index (κ2) is 10.5. The standard InChI is InChI=1S/2C6H14N2.2HI.Ni/c2*1-5(2,7)6(3,4)8;;;/h2*7-8H,1-4H3;2*1H;/q2*-2;;;+2/p-2. The van der Waals surface area contributed by atoms with Crippen LogP contribution in [0.3, 0.4) is 0 Å². The number of rotatable bonds is 2. The van der Waals surface area contributed by atoms with E-state index < -0.39 is 22.2 Å². The van der Waals surface area contributed by atoms with E-state index in [1.54, 1.807) is 55.4 Å². The first kappa shape index (κ1) is 32.7. The average molecular weight is 541 g/mol. The molecule has 0 bridgehead atoms. The molecule has 0 spiro atoms. The Labute approximate surface area is 163 Å². The van der Waals surface area contributed by atoms with Crippen LogP contribution in [0.5, 0.6) is 0 Å². The molecular formula is C12H28I2N4Ni-4. The molecule has 0 amide bonds. The number of nitrogens with one attached hydrogen (secondary N) is 4. The van der Waals surface area contributed by atoms with Crippen molar-refractivity contribution >= 4 is 0 Å². The van der Waals surface area contributed by atoms with Crippen molar-refractivity contribution in [3.8, 4) is 0 Å². The van der Waals surface area contributed by atoms with Crippen molar-refractivity contribution < 1.29 is 64.4 Å². The third kappa shape index (κ3) is 16.0. The molecule has 0 saturated carbocycles. The molecule has 0 aromatic heterocycles. The molecule has 0 aromatic carbocycles. The predicted molar refractivity (Wildman–Crippen MR) is 73.6 cm³/mol. The van der Waals surface area contributed by atoms with E-state index in [-0.39, 0.29) is 64.4 Å². The maximum Gasteiger partial charge on any atom is 2.00 e. The molecule has 4 nitrogen and oxygen atoms in total. The smallest absolute Gasteiger partial charge is 1.00 e. The van der Waals surface area contributed by atoms with Crippen molar-refractivity contribution in [3.05, 3.63) is 22.9 Å². The van der Waals surface area contributed by atoms with Crippen LogP contribution in [-0.4, -0.2) is 22.2 Å². The first-order valence-electron chi connectivity index (χ1n) is 5.50. The SMILES string of the molecule is CC(C)([NH-])C(C)(C)[NH-].CC(C)([NH-])C(C)(C)[NH-].[I-].[I-].[Ni+2]. The van der Waals surface area contributed by atoms with E-state index in [9.17, 15) is 0 Å². The van der Waals surface area contributed by atoms with E-state index in [1.165, 1.54) is 0 Å². The van der Waals surface area contributed by atoms with E-state index >= 15 is 0 Å². The van der Waals surface area contributed by atoms with Crippen molar-refractivity contribution in [2.75, 3.05) is 0 Å². The summed E-state index contributed by atoms with van der Waals surface area (Å²) in [5.41, 5.74) is 27.0. The Hall–Kier alpha value is 1.79. The zero-order valence-corrected chi connectivity index (χ0v) is 18.4. The molecule has 0 aliphatic carbocycles. The first-order valence-corrected chi connectivity index (χ1v) is 5.50. The Morgan fingerprint density at radius 1 is 0.421 bits per heavy atom. The molecule has 4 N–H and O–H groups in total. The zero-order valence-electron chi connectivity index (χ0n) is 13.1. The van der Waals surface area contributed by atoms with Crippen LogP contribution in [0.4, 0.5) is 0 Å². The van der Waals surface area contributed by atoms with Gasteiger partial charge in [0.2, 0.25) is 0 Å². The van der Waals surface area contributed by atoms with Gasteiger partial charge in [0.15, 0.2) is 0 Å². The van der Waals surface area contributed by atoms with Crippen LogP contribution in [0, 0.1) is 0 Å².